The van der Waals surface area contributed by atoms with E-state index in [1.807, 2.05) is 60.4 Å². The van der Waals surface area contributed by atoms with Crippen LogP contribution in [0, 0.1) is 12.3 Å². The maximum absolute atomic E-state index is 13.1. The van der Waals surface area contributed by atoms with Crippen LogP contribution in [0.5, 0.6) is 0 Å². The summed E-state index contributed by atoms with van der Waals surface area (Å²) >= 11 is 0. The van der Waals surface area contributed by atoms with E-state index < -0.39 is 5.41 Å². The summed E-state index contributed by atoms with van der Waals surface area (Å²) in [4.78, 5) is 35.9. The SMILES string of the molecule is Cc1cccc(CC(=O)N2CCC[C@@](Cc3ccccc3-c3cncnc3)(C(N)=O)C2)c1. The predicted molar refractivity (Wildman–Crippen MR) is 123 cm³/mol. The van der Waals surface area contributed by atoms with Crippen molar-refractivity contribution in [2.24, 2.45) is 11.1 Å². The first-order valence-corrected chi connectivity index (χ1v) is 10.9. The van der Waals surface area contributed by atoms with Crippen LogP contribution in [-0.4, -0.2) is 39.8 Å². The predicted octanol–water partition coefficient (Wildman–Crippen LogP) is 3.33. The minimum absolute atomic E-state index is 0.0330. The average molecular weight is 429 g/mol. The van der Waals surface area contributed by atoms with Crippen LogP contribution in [-0.2, 0) is 22.4 Å². The number of likely N-dealkylation sites (tertiary alicyclic amines) is 1. The minimum Gasteiger partial charge on any atom is -0.369 e. The fourth-order valence-corrected chi connectivity index (χ4v) is 4.64. The first kappa shape index (κ1) is 21.7. The number of aryl methyl sites for hydroxylation is 1. The molecule has 6 heteroatoms. The van der Waals surface area contributed by atoms with E-state index >= 15 is 0 Å². The topological polar surface area (TPSA) is 89.2 Å². The molecular formula is C26H28N4O2. The molecule has 2 aromatic carbocycles. The maximum Gasteiger partial charge on any atom is 0.227 e. The van der Waals surface area contributed by atoms with Crippen molar-refractivity contribution in [1.82, 2.24) is 14.9 Å². The molecule has 6 nitrogen and oxygen atoms in total. The molecule has 164 valence electrons. The van der Waals surface area contributed by atoms with E-state index in [4.69, 9.17) is 5.73 Å². The van der Waals surface area contributed by atoms with Gasteiger partial charge in [0.05, 0.1) is 11.8 Å². The van der Waals surface area contributed by atoms with Crippen LogP contribution in [0.4, 0.5) is 0 Å². The zero-order chi connectivity index (χ0) is 22.6. The van der Waals surface area contributed by atoms with Crippen LogP contribution in [0.2, 0.25) is 0 Å². The molecule has 1 aliphatic rings. The molecule has 2 N–H and O–H groups in total. The summed E-state index contributed by atoms with van der Waals surface area (Å²) < 4.78 is 0. The third-order valence-corrected chi connectivity index (χ3v) is 6.31. The van der Waals surface area contributed by atoms with Gasteiger partial charge in [-0.15, -0.1) is 0 Å². The lowest BCUT2D eigenvalue weighted by atomic mass is 9.73. The second-order valence-electron chi connectivity index (χ2n) is 8.69. The number of piperidine rings is 1. The first-order chi connectivity index (χ1) is 15.5. The van der Waals surface area contributed by atoms with Gasteiger partial charge in [-0.1, -0.05) is 54.1 Å². The van der Waals surface area contributed by atoms with Crippen molar-refractivity contribution in [1.29, 1.82) is 0 Å². The third-order valence-electron chi connectivity index (χ3n) is 6.31. The van der Waals surface area contributed by atoms with Gasteiger partial charge in [-0.3, -0.25) is 9.59 Å². The van der Waals surface area contributed by atoms with Crippen molar-refractivity contribution < 1.29 is 9.59 Å². The second kappa shape index (κ2) is 9.30. The van der Waals surface area contributed by atoms with Crippen LogP contribution < -0.4 is 5.73 Å². The van der Waals surface area contributed by atoms with Crippen molar-refractivity contribution in [2.75, 3.05) is 13.1 Å². The van der Waals surface area contributed by atoms with E-state index in [0.29, 0.717) is 32.4 Å². The Morgan fingerprint density at radius 3 is 2.62 bits per heavy atom. The summed E-state index contributed by atoms with van der Waals surface area (Å²) in [6.07, 6.45) is 7.24. The van der Waals surface area contributed by atoms with Gasteiger partial charge in [0.1, 0.15) is 6.33 Å². The molecule has 0 unspecified atom stereocenters. The van der Waals surface area contributed by atoms with Crippen LogP contribution in [0.3, 0.4) is 0 Å². The molecule has 0 bridgehead atoms. The summed E-state index contributed by atoms with van der Waals surface area (Å²) in [5.74, 6) is -0.324. The molecule has 0 saturated carbocycles. The summed E-state index contributed by atoms with van der Waals surface area (Å²) in [5, 5.41) is 0. The number of nitrogens with zero attached hydrogens (tertiary/aromatic N) is 3. The van der Waals surface area contributed by atoms with E-state index in [1.54, 1.807) is 12.4 Å². The Balaban J connectivity index is 1.58. The number of carbonyl (C=O) groups excluding carboxylic acids is 2. The molecule has 1 aliphatic heterocycles. The number of hydrogen-bond acceptors (Lipinski definition) is 4. The Morgan fingerprint density at radius 1 is 1.09 bits per heavy atom. The van der Waals surface area contributed by atoms with Crippen molar-refractivity contribution in [3.05, 3.63) is 83.9 Å². The highest BCUT2D eigenvalue weighted by Gasteiger charge is 2.42. The summed E-state index contributed by atoms with van der Waals surface area (Å²) in [5.41, 5.74) is 10.2. The van der Waals surface area contributed by atoms with Crippen molar-refractivity contribution in [3.8, 4) is 11.1 Å². The molecule has 3 aromatic rings. The molecule has 0 radical (unpaired) electrons. The lowest BCUT2D eigenvalue weighted by Crippen LogP contribution is -2.53. The average Bonchev–Trinajstić information content (AvgIpc) is 2.80. The van der Waals surface area contributed by atoms with Crippen LogP contribution in [0.1, 0.15) is 29.5 Å². The lowest BCUT2D eigenvalue weighted by Gasteiger charge is -2.41. The number of carbonyl (C=O) groups is 2. The van der Waals surface area contributed by atoms with Crippen LogP contribution >= 0.6 is 0 Å². The number of aromatic nitrogens is 2. The molecule has 1 fully saturated rings. The van der Waals surface area contributed by atoms with Crippen LogP contribution in [0.15, 0.2) is 67.3 Å². The highest BCUT2D eigenvalue weighted by molar-refractivity contribution is 5.84. The highest BCUT2D eigenvalue weighted by atomic mass is 16.2. The number of benzene rings is 2. The molecule has 0 spiro atoms. The number of nitrogens with two attached hydrogens (primary N) is 1. The maximum atomic E-state index is 13.1. The summed E-state index contributed by atoms with van der Waals surface area (Å²) in [6, 6.07) is 15.9. The number of hydrogen-bond donors (Lipinski definition) is 1. The van der Waals surface area contributed by atoms with E-state index in [2.05, 4.69) is 9.97 Å². The van der Waals surface area contributed by atoms with Crippen molar-refractivity contribution in [3.63, 3.8) is 0 Å². The Kier molecular flexibility index (Phi) is 6.30. The molecule has 1 saturated heterocycles. The van der Waals surface area contributed by atoms with Gasteiger partial charge in [-0.2, -0.15) is 0 Å². The second-order valence-corrected chi connectivity index (χ2v) is 8.69. The fraction of sp³-hybridized carbons (Fsp3) is 0.308. The zero-order valence-electron chi connectivity index (χ0n) is 18.3. The van der Waals surface area contributed by atoms with E-state index in [-0.39, 0.29) is 11.8 Å². The summed E-state index contributed by atoms with van der Waals surface area (Å²) in [6.45, 7) is 3.00. The monoisotopic (exact) mass is 428 g/mol. The van der Waals surface area contributed by atoms with E-state index in [9.17, 15) is 9.59 Å². The van der Waals surface area contributed by atoms with Crippen LogP contribution in [0.25, 0.3) is 11.1 Å². The Morgan fingerprint density at radius 2 is 1.88 bits per heavy atom. The summed E-state index contributed by atoms with van der Waals surface area (Å²) in [7, 11) is 0. The molecular weight excluding hydrogens is 400 g/mol. The smallest absolute Gasteiger partial charge is 0.227 e. The number of primary amides is 1. The van der Waals surface area contributed by atoms with Crippen molar-refractivity contribution >= 4 is 11.8 Å². The van der Waals surface area contributed by atoms with Gasteiger partial charge < -0.3 is 10.6 Å². The molecule has 2 amide bonds. The normalized spacial score (nSPS) is 18.3. The van der Waals surface area contributed by atoms with Gasteiger partial charge in [0.2, 0.25) is 11.8 Å². The third kappa shape index (κ3) is 4.69. The molecule has 32 heavy (non-hydrogen) atoms. The molecule has 0 aliphatic carbocycles. The zero-order valence-corrected chi connectivity index (χ0v) is 18.3. The largest absolute Gasteiger partial charge is 0.369 e. The number of amides is 2. The van der Waals surface area contributed by atoms with Gasteiger partial charge in [-0.05, 0) is 42.9 Å². The van der Waals surface area contributed by atoms with Crippen molar-refractivity contribution in [2.45, 2.75) is 32.6 Å². The quantitative estimate of drug-likeness (QED) is 0.652. The fourth-order valence-electron chi connectivity index (χ4n) is 4.64. The first-order valence-electron chi connectivity index (χ1n) is 10.9. The molecule has 2 heterocycles. The Bertz CT molecular complexity index is 1120. The Labute approximate surface area is 188 Å². The molecule has 4 rings (SSSR count). The van der Waals surface area contributed by atoms with Gasteiger partial charge in [0, 0.05) is 31.0 Å². The van der Waals surface area contributed by atoms with E-state index in [1.165, 1.54) is 6.33 Å². The van der Waals surface area contributed by atoms with Gasteiger partial charge in [0.15, 0.2) is 0 Å². The molecule has 1 aromatic heterocycles. The number of rotatable bonds is 6. The van der Waals surface area contributed by atoms with Gasteiger partial charge in [0.25, 0.3) is 0 Å². The minimum atomic E-state index is -0.799. The van der Waals surface area contributed by atoms with Gasteiger partial charge >= 0.3 is 0 Å². The molecule has 1 atom stereocenters. The van der Waals surface area contributed by atoms with Gasteiger partial charge in [-0.25, -0.2) is 9.97 Å². The standard InChI is InChI=1S/C26H28N4O2/c1-19-6-4-7-20(12-19)13-24(31)30-11-5-10-26(17-30,25(27)32)14-21-8-2-3-9-23(21)22-15-28-18-29-16-22/h2-4,6-9,12,15-16,18H,5,10-11,13-14,17H2,1H3,(H2,27,32)/t26-/m0/s1. The Hall–Kier alpha value is -3.54. The van der Waals surface area contributed by atoms with E-state index in [0.717, 1.165) is 34.2 Å². The highest BCUT2D eigenvalue weighted by Crippen LogP contribution is 2.36. The lowest BCUT2D eigenvalue weighted by molar-refractivity contribution is -0.139.